The Morgan fingerprint density at radius 1 is 1.13 bits per heavy atom. The van der Waals surface area contributed by atoms with Crippen LogP contribution in [0.25, 0.3) is 10.9 Å². The Morgan fingerprint density at radius 2 is 1.87 bits per heavy atom. The number of benzene rings is 2. The van der Waals surface area contributed by atoms with E-state index >= 15 is 0 Å². The first kappa shape index (κ1) is 20.2. The van der Waals surface area contributed by atoms with E-state index in [9.17, 15) is 4.79 Å². The number of rotatable bonds is 6. The molecule has 0 spiro atoms. The summed E-state index contributed by atoms with van der Waals surface area (Å²) in [7, 11) is 0. The summed E-state index contributed by atoms with van der Waals surface area (Å²) >= 11 is 6.55. The fourth-order valence-electron chi connectivity index (χ4n) is 4.03. The van der Waals surface area contributed by atoms with Crippen LogP contribution in [0.4, 0.5) is 0 Å². The molecule has 0 aliphatic heterocycles. The Hall–Kier alpha value is -3.05. The van der Waals surface area contributed by atoms with Crippen molar-refractivity contribution in [3.63, 3.8) is 0 Å². The number of para-hydroxylation sites is 1. The molecule has 6 heteroatoms. The second-order valence-corrected chi connectivity index (χ2v) is 8.06. The number of hydrogen-bond acceptors (Lipinski definition) is 2. The van der Waals surface area contributed by atoms with Crippen molar-refractivity contribution in [1.29, 1.82) is 0 Å². The van der Waals surface area contributed by atoms with E-state index in [0.29, 0.717) is 11.6 Å². The van der Waals surface area contributed by atoms with Gasteiger partial charge in [0.05, 0.1) is 5.69 Å². The lowest BCUT2D eigenvalue weighted by Crippen LogP contribution is -2.35. The van der Waals surface area contributed by atoms with Crippen molar-refractivity contribution >= 4 is 28.4 Å². The van der Waals surface area contributed by atoms with Gasteiger partial charge in [-0.05, 0) is 50.1 Å². The number of carbonyl (C=O) groups is 1. The molecule has 1 amide bonds. The molecule has 0 saturated heterocycles. The highest BCUT2D eigenvalue weighted by atomic mass is 35.5. The summed E-state index contributed by atoms with van der Waals surface area (Å²) in [6.07, 6.45) is 2.01. The van der Waals surface area contributed by atoms with Gasteiger partial charge in [-0.2, -0.15) is 5.10 Å². The van der Waals surface area contributed by atoms with E-state index in [4.69, 9.17) is 11.6 Å². The SMILES string of the molecule is Cc1cc(C)n(C(C)C(=O)NCC(c2ccccc2Cl)c2c[nH]c3ccccc23)n1. The van der Waals surface area contributed by atoms with Gasteiger partial charge in [-0.15, -0.1) is 0 Å². The van der Waals surface area contributed by atoms with Gasteiger partial charge in [0.1, 0.15) is 6.04 Å². The van der Waals surface area contributed by atoms with Gasteiger partial charge < -0.3 is 10.3 Å². The second-order valence-electron chi connectivity index (χ2n) is 7.66. The van der Waals surface area contributed by atoms with Gasteiger partial charge in [0.25, 0.3) is 0 Å². The minimum absolute atomic E-state index is 0.0712. The maximum atomic E-state index is 12.9. The molecule has 2 N–H and O–H groups in total. The molecular formula is C24H25ClN4O. The van der Waals surface area contributed by atoms with Crippen molar-refractivity contribution in [1.82, 2.24) is 20.1 Å². The Bertz CT molecular complexity index is 1190. The van der Waals surface area contributed by atoms with Gasteiger partial charge in [-0.3, -0.25) is 9.48 Å². The van der Waals surface area contributed by atoms with E-state index in [1.807, 2.05) is 75.5 Å². The summed E-state index contributed by atoms with van der Waals surface area (Å²) in [5, 5.41) is 9.39. The molecule has 2 unspecified atom stereocenters. The molecule has 4 aromatic rings. The first-order valence-electron chi connectivity index (χ1n) is 10.1. The predicted octanol–water partition coefficient (Wildman–Crippen LogP) is 5.14. The van der Waals surface area contributed by atoms with Crippen molar-refractivity contribution in [3.05, 3.63) is 88.3 Å². The molecule has 2 aromatic carbocycles. The minimum atomic E-state index is -0.395. The Morgan fingerprint density at radius 3 is 2.60 bits per heavy atom. The predicted molar refractivity (Wildman–Crippen MR) is 121 cm³/mol. The van der Waals surface area contributed by atoms with Gasteiger partial charge in [0.2, 0.25) is 5.91 Å². The zero-order valence-electron chi connectivity index (χ0n) is 17.3. The fraction of sp³-hybridized carbons (Fsp3) is 0.250. The molecule has 0 aliphatic rings. The number of carbonyl (C=O) groups excluding carboxylic acids is 1. The normalized spacial score (nSPS) is 13.3. The van der Waals surface area contributed by atoms with Crippen LogP contribution < -0.4 is 5.32 Å². The van der Waals surface area contributed by atoms with Crippen LogP contribution in [-0.4, -0.2) is 27.2 Å². The number of aromatic amines is 1. The van der Waals surface area contributed by atoms with Crippen molar-refractivity contribution in [2.75, 3.05) is 6.54 Å². The lowest BCUT2D eigenvalue weighted by molar-refractivity contribution is -0.124. The van der Waals surface area contributed by atoms with E-state index in [0.717, 1.165) is 33.4 Å². The fourth-order valence-corrected chi connectivity index (χ4v) is 4.29. The number of H-pyrrole nitrogens is 1. The van der Waals surface area contributed by atoms with E-state index < -0.39 is 6.04 Å². The molecule has 0 aliphatic carbocycles. The van der Waals surface area contributed by atoms with Gasteiger partial charge in [0, 0.05) is 40.3 Å². The molecular weight excluding hydrogens is 396 g/mol. The lowest BCUT2D eigenvalue weighted by Gasteiger charge is -2.21. The molecule has 0 radical (unpaired) electrons. The van der Waals surface area contributed by atoms with Crippen molar-refractivity contribution < 1.29 is 4.79 Å². The number of hydrogen-bond donors (Lipinski definition) is 2. The Balaban J connectivity index is 1.63. The van der Waals surface area contributed by atoms with Crippen molar-refractivity contribution in [2.24, 2.45) is 0 Å². The maximum Gasteiger partial charge on any atom is 0.244 e. The monoisotopic (exact) mass is 420 g/mol. The highest BCUT2D eigenvalue weighted by Gasteiger charge is 2.23. The van der Waals surface area contributed by atoms with Gasteiger partial charge >= 0.3 is 0 Å². The summed E-state index contributed by atoms with van der Waals surface area (Å²) < 4.78 is 1.76. The van der Waals surface area contributed by atoms with E-state index in [-0.39, 0.29) is 11.8 Å². The van der Waals surface area contributed by atoms with E-state index in [1.54, 1.807) is 4.68 Å². The van der Waals surface area contributed by atoms with E-state index in [1.165, 1.54) is 0 Å². The smallest absolute Gasteiger partial charge is 0.244 e. The van der Waals surface area contributed by atoms with Crippen molar-refractivity contribution in [2.45, 2.75) is 32.7 Å². The first-order chi connectivity index (χ1) is 14.5. The lowest BCUT2D eigenvalue weighted by atomic mass is 9.90. The number of halogens is 1. The molecule has 2 heterocycles. The van der Waals surface area contributed by atoms with Crippen LogP contribution in [0, 0.1) is 13.8 Å². The average molecular weight is 421 g/mol. The summed E-state index contributed by atoms with van der Waals surface area (Å²) in [6, 6.07) is 17.5. The van der Waals surface area contributed by atoms with Crippen LogP contribution in [0.5, 0.6) is 0 Å². The van der Waals surface area contributed by atoms with Gasteiger partial charge in [-0.25, -0.2) is 0 Å². The Kier molecular flexibility index (Phi) is 5.64. The number of nitrogens with zero attached hydrogens (tertiary/aromatic N) is 2. The summed E-state index contributed by atoms with van der Waals surface area (Å²) in [6.45, 7) is 6.19. The quantitative estimate of drug-likeness (QED) is 0.453. The van der Waals surface area contributed by atoms with Crippen LogP contribution in [0.2, 0.25) is 5.02 Å². The molecule has 154 valence electrons. The molecule has 2 atom stereocenters. The number of aryl methyl sites for hydroxylation is 2. The van der Waals surface area contributed by atoms with Crippen molar-refractivity contribution in [3.8, 4) is 0 Å². The average Bonchev–Trinajstić information content (AvgIpc) is 3.31. The highest BCUT2D eigenvalue weighted by Crippen LogP contribution is 2.34. The molecule has 5 nitrogen and oxygen atoms in total. The highest BCUT2D eigenvalue weighted by molar-refractivity contribution is 6.31. The number of aromatic nitrogens is 3. The van der Waals surface area contributed by atoms with Crippen LogP contribution in [0.1, 0.15) is 41.4 Å². The van der Waals surface area contributed by atoms with Crippen LogP contribution >= 0.6 is 11.6 Å². The number of amides is 1. The van der Waals surface area contributed by atoms with Crippen LogP contribution in [-0.2, 0) is 4.79 Å². The molecule has 0 saturated carbocycles. The molecule has 0 bridgehead atoms. The summed E-state index contributed by atoms with van der Waals surface area (Å²) in [5.41, 5.74) is 5.03. The number of fused-ring (bicyclic) bond motifs is 1. The third kappa shape index (κ3) is 3.85. The minimum Gasteiger partial charge on any atom is -0.361 e. The zero-order valence-corrected chi connectivity index (χ0v) is 18.1. The van der Waals surface area contributed by atoms with Gasteiger partial charge in [0.15, 0.2) is 0 Å². The third-order valence-electron chi connectivity index (χ3n) is 5.55. The van der Waals surface area contributed by atoms with Gasteiger partial charge in [-0.1, -0.05) is 48.0 Å². The first-order valence-corrected chi connectivity index (χ1v) is 10.4. The molecule has 4 rings (SSSR count). The second kappa shape index (κ2) is 8.36. The van der Waals surface area contributed by atoms with E-state index in [2.05, 4.69) is 21.5 Å². The standard InChI is InChI=1S/C24H25ClN4O/c1-15-12-16(2)29(28-15)17(3)24(30)27-14-20(18-8-4-6-10-22(18)25)21-13-26-23-11-7-5-9-19(21)23/h4-13,17,20,26H,14H2,1-3H3,(H,27,30). The largest absolute Gasteiger partial charge is 0.361 e. The number of nitrogens with one attached hydrogen (secondary N) is 2. The molecule has 30 heavy (non-hydrogen) atoms. The zero-order chi connectivity index (χ0) is 21.3. The van der Waals surface area contributed by atoms with Crippen LogP contribution in [0.3, 0.4) is 0 Å². The summed E-state index contributed by atoms with van der Waals surface area (Å²) in [5.74, 6) is -0.149. The topological polar surface area (TPSA) is 62.7 Å². The molecule has 0 fully saturated rings. The summed E-state index contributed by atoms with van der Waals surface area (Å²) in [4.78, 5) is 16.3. The van der Waals surface area contributed by atoms with Crippen LogP contribution in [0.15, 0.2) is 60.8 Å². The Labute approximate surface area is 181 Å². The maximum absolute atomic E-state index is 12.9. The third-order valence-corrected chi connectivity index (χ3v) is 5.89. The molecule has 2 aromatic heterocycles.